The minimum Gasteiger partial charge on any atom is -0.367 e. The molecule has 3 rings (SSSR count). The normalized spacial score (nSPS) is 14.8. The number of aliphatic imine (C=N–C) groups is 1. The van der Waals surface area contributed by atoms with Gasteiger partial charge < -0.3 is 19.9 Å². The van der Waals surface area contributed by atoms with Gasteiger partial charge in [0.25, 0.3) is 0 Å². The van der Waals surface area contributed by atoms with Crippen LogP contribution in [0.5, 0.6) is 0 Å². The lowest BCUT2D eigenvalue weighted by atomic mass is 10.1. The second-order valence-corrected chi connectivity index (χ2v) is 7.47. The molecule has 0 atom stereocenters. The molecule has 2 aromatic rings. The molecular weight excluding hydrogens is 409 g/mol. The maximum atomic E-state index is 12.2. The summed E-state index contributed by atoms with van der Waals surface area (Å²) in [5, 5.41) is 15.2. The average Bonchev–Trinajstić information content (AvgIpc) is 2.96. The van der Waals surface area contributed by atoms with Crippen molar-refractivity contribution in [3.63, 3.8) is 0 Å². The second kappa shape index (κ2) is 11.1. The number of rotatable bonds is 8. The Morgan fingerprint density at radius 3 is 2.61 bits per heavy atom. The van der Waals surface area contributed by atoms with Crippen molar-refractivity contribution < 1.29 is 17.9 Å². The zero-order valence-corrected chi connectivity index (χ0v) is 17.7. The van der Waals surface area contributed by atoms with Crippen LogP contribution in [0.15, 0.2) is 29.3 Å². The van der Waals surface area contributed by atoms with Crippen molar-refractivity contribution in [2.45, 2.75) is 65.0 Å². The highest BCUT2D eigenvalue weighted by molar-refractivity contribution is 5.79. The second-order valence-electron chi connectivity index (χ2n) is 7.47. The maximum absolute atomic E-state index is 12.2. The molecule has 1 aromatic heterocycles. The summed E-state index contributed by atoms with van der Waals surface area (Å²) < 4.78 is 43.3. The van der Waals surface area contributed by atoms with E-state index in [1.165, 1.54) is 6.42 Å². The quantitative estimate of drug-likeness (QED) is 0.488. The van der Waals surface area contributed by atoms with Gasteiger partial charge in [0.15, 0.2) is 11.8 Å². The van der Waals surface area contributed by atoms with E-state index in [1.807, 2.05) is 19.1 Å². The van der Waals surface area contributed by atoms with Crippen LogP contribution in [0.3, 0.4) is 0 Å². The summed E-state index contributed by atoms with van der Waals surface area (Å²) in [7, 11) is 0. The number of aryl methyl sites for hydroxylation is 1. The first-order valence-corrected chi connectivity index (χ1v) is 10.6. The van der Waals surface area contributed by atoms with Crippen LogP contribution >= 0.6 is 0 Å². The molecule has 0 fully saturated rings. The number of hydrogen-bond acceptors (Lipinski definition) is 4. The highest BCUT2D eigenvalue weighted by Crippen LogP contribution is 2.16. The van der Waals surface area contributed by atoms with Crippen LogP contribution in [0.2, 0.25) is 0 Å². The van der Waals surface area contributed by atoms with E-state index in [0.29, 0.717) is 24.6 Å². The number of nitrogens with zero attached hydrogens (tertiary/aromatic N) is 4. The monoisotopic (exact) mass is 438 g/mol. The lowest BCUT2D eigenvalue weighted by molar-refractivity contribution is -0.176. The molecule has 0 amide bonds. The minimum absolute atomic E-state index is 0.0735. The zero-order chi connectivity index (χ0) is 22.1. The zero-order valence-electron chi connectivity index (χ0n) is 17.7. The van der Waals surface area contributed by atoms with E-state index in [1.54, 1.807) is 12.1 Å². The van der Waals surface area contributed by atoms with Crippen molar-refractivity contribution in [2.75, 3.05) is 13.2 Å². The summed E-state index contributed by atoms with van der Waals surface area (Å²) in [5.74, 6) is 2.63. The summed E-state index contributed by atoms with van der Waals surface area (Å²) in [4.78, 5) is 4.59. The van der Waals surface area contributed by atoms with E-state index in [9.17, 15) is 13.2 Å². The van der Waals surface area contributed by atoms with Gasteiger partial charge in [-0.05, 0) is 30.9 Å². The topological polar surface area (TPSA) is 76.4 Å². The number of guanidine groups is 1. The Morgan fingerprint density at radius 1 is 1.10 bits per heavy atom. The molecule has 0 saturated carbocycles. The Labute approximate surface area is 180 Å². The number of hydrogen-bond donors (Lipinski definition) is 2. The predicted molar refractivity (Wildman–Crippen MR) is 111 cm³/mol. The van der Waals surface area contributed by atoms with Crippen LogP contribution in [-0.2, 0) is 37.4 Å². The van der Waals surface area contributed by atoms with Crippen LogP contribution in [0.25, 0.3) is 0 Å². The summed E-state index contributed by atoms with van der Waals surface area (Å²) in [6, 6.07) is 7.20. The average molecular weight is 438 g/mol. The van der Waals surface area contributed by atoms with Gasteiger partial charge in [-0.1, -0.05) is 30.7 Å². The Balaban J connectivity index is 1.53. The molecule has 170 valence electrons. The molecule has 0 radical (unpaired) electrons. The van der Waals surface area contributed by atoms with Crippen LogP contribution in [0.1, 0.15) is 49.0 Å². The number of alkyl halides is 3. The van der Waals surface area contributed by atoms with Crippen LogP contribution in [-0.4, -0.2) is 40.1 Å². The number of benzene rings is 1. The third kappa shape index (κ3) is 7.54. The van der Waals surface area contributed by atoms with Gasteiger partial charge in [-0.2, -0.15) is 13.2 Å². The van der Waals surface area contributed by atoms with Crippen molar-refractivity contribution in [3.8, 4) is 0 Å². The van der Waals surface area contributed by atoms with Gasteiger partial charge in [-0.3, -0.25) is 0 Å². The standard InChI is InChI=1S/C21H29F3N6O/c1-2-25-20(27-13-19-29-28-18-6-4-3-5-11-30(18)19)26-12-16-7-9-17(10-8-16)14-31-15-21(22,23)24/h7-10H,2-6,11-15H2,1H3,(H2,25,26,27). The minimum atomic E-state index is -4.31. The first-order valence-electron chi connectivity index (χ1n) is 10.6. The molecular formula is C21H29F3N6O. The van der Waals surface area contributed by atoms with Crippen molar-refractivity contribution >= 4 is 5.96 Å². The Hall–Kier alpha value is -2.62. The van der Waals surface area contributed by atoms with Gasteiger partial charge in [0.1, 0.15) is 12.4 Å². The van der Waals surface area contributed by atoms with Gasteiger partial charge in [-0.25, -0.2) is 4.99 Å². The fraction of sp³-hybridized carbons (Fsp3) is 0.571. The smallest absolute Gasteiger partial charge is 0.367 e. The van der Waals surface area contributed by atoms with Crippen LogP contribution in [0.4, 0.5) is 13.2 Å². The van der Waals surface area contributed by atoms with E-state index < -0.39 is 12.8 Å². The van der Waals surface area contributed by atoms with E-state index in [-0.39, 0.29) is 6.61 Å². The van der Waals surface area contributed by atoms with E-state index in [2.05, 4.69) is 35.1 Å². The molecule has 0 aliphatic carbocycles. The maximum Gasteiger partial charge on any atom is 0.411 e. The summed E-state index contributed by atoms with van der Waals surface area (Å²) in [6.45, 7) is 3.33. The fourth-order valence-electron chi connectivity index (χ4n) is 3.38. The van der Waals surface area contributed by atoms with Crippen molar-refractivity contribution in [1.29, 1.82) is 0 Å². The molecule has 2 heterocycles. The van der Waals surface area contributed by atoms with Crippen molar-refractivity contribution in [1.82, 2.24) is 25.4 Å². The molecule has 0 saturated heterocycles. The third-order valence-corrected chi connectivity index (χ3v) is 4.92. The lowest BCUT2D eigenvalue weighted by Gasteiger charge is -2.12. The number of nitrogens with one attached hydrogen (secondary N) is 2. The summed E-state index contributed by atoms with van der Waals surface area (Å²) in [6.07, 6.45) is 0.174. The first kappa shape index (κ1) is 23.1. The molecule has 2 N–H and O–H groups in total. The SMILES string of the molecule is CCNC(=NCc1ccc(COCC(F)(F)F)cc1)NCc1nnc2n1CCCCC2. The predicted octanol–water partition coefficient (Wildman–Crippen LogP) is 3.34. The van der Waals surface area contributed by atoms with Crippen molar-refractivity contribution in [2.24, 2.45) is 4.99 Å². The fourth-order valence-corrected chi connectivity index (χ4v) is 3.38. The largest absolute Gasteiger partial charge is 0.411 e. The molecule has 0 unspecified atom stereocenters. The number of ether oxygens (including phenoxy) is 1. The van der Waals surface area contributed by atoms with E-state index >= 15 is 0 Å². The molecule has 1 aliphatic heterocycles. The van der Waals surface area contributed by atoms with E-state index in [4.69, 9.17) is 0 Å². The molecule has 10 heteroatoms. The summed E-state index contributed by atoms with van der Waals surface area (Å²) >= 11 is 0. The lowest BCUT2D eigenvalue weighted by Crippen LogP contribution is -2.37. The molecule has 0 bridgehead atoms. The summed E-state index contributed by atoms with van der Waals surface area (Å²) in [5.41, 5.74) is 1.64. The molecule has 7 nitrogen and oxygen atoms in total. The Bertz CT molecular complexity index is 848. The van der Waals surface area contributed by atoms with Crippen LogP contribution < -0.4 is 10.6 Å². The van der Waals surface area contributed by atoms with Gasteiger partial charge in [-0.15, -0.1) is 10.2 Å². The van der Waals surface area contributed by atoms with Crippen LogP contribution in [0, 0.1) is 0 Å². The van der Waals surface area contributed by atoms with Gasteiger partial charge >= 0.3 is 6.18 Å². The van der Waals surface area contributed by atoms with E-state index in [0.717, 1.165) is 49.6 Å². The molecule has 31 heavy (non-hydrogen) atoms. The molecule has 1 aliphatic rings. The number of fused-ring (bicyclic) bond motifs is 1. The highest BCUT2D eigenvalue weighted by atomic mass is 19.4. The van der Waals surface area contributed by atoms with Gasteiger partial charge in [0.2, 0.25) is 0 Å². The van der Waals surface area contributed by atoms with Gasteiger partial charge in [0.05, 0.1) is 19.7 Å². The molecule has 1 aromatic carbocycles. The molecule has 0 spiro atoms. The van der Waals surface area contributed by atoms with Crippen molar-refractivity contribution in [3.05, 3.63) is 47.0 Å². The Kier molecular flexibility index (Phi) is 8.27. The first-order chi connectivity index (χ1) is 14.9. The van der Waals surface area contributed by atoms with Gasteiger partial charge in [0, 0.05) is 19.5 Å². The number of halogens is 3. The Morgan fingerprint density at radius 2 is 1.87 bits per heavy atom. The number of aromatic nitrogens is 3. The third-order valence-electron chi connectivity index (χ3n) is 4.92. The highest BCUT2D eigenvalue weighted by Gasteiger charge is 2.27.